The van der Waals surface area contributed by atoms with Gasteiger partial charge in [0.05, 0.1) is 6.61 Å². The zero-order chi connectivity index (χ0) is 7.72. The predicted molar refractivity (Wildman–Crippen MR) is 36.7 cm³/mol. The van der Waals surface area contributed by atoms with Crippen molar-refractivity contribution in [1.82, 2.24) is 0 Å². The molecular weight excluding hydrogens is 204 g/mol. The highest BCUT2D eigenvalue weighted by atomic mass is 79.9. The van der Waals surface area contributed by atoms with Gasteiger partial charge >= 0.3 is 0 Å². The van der Waals surface area contributed by atoms with E-state index in [9.17, 15) is 0 Å². The molecule has 0 aromatic heterocycles. The Kier molecular flexibility index (Phi) is 2.65. The molecule has 1 aliphatic heterocycles. The molecule has 1 aliphatic rings. The van der Waals surface area contributed by atoms with Gasteiger partial charge in [-0.1, -0.05) is 15.9 Å². The molecule has 1 saturated heterocycles. The van der Waals surface area contributed by atoms with Crippen molar-refractivity contribution in [2.24, 2.45) is 0 Å². The monoisotopic (exact) mass is 212 g/mol. The number of alkyl halides is 1. The van der Waals surface area contributed by atoms with Gasteiger partial charge in [0.2, 0.25) is 0 Å². The molecule has 10 heavy (non-hydrogen) atoms. The van der Waals surface area contributed by atoms with Gasteiger partial charge in [0.25, 0.3) is 0 Å². The van der Waals surface area contributed by atoms with Crippen LogP contribution in [0.3, 0.4) is 0 Å². The molecule has 0 bridgehead atoms. The van der Waals surface area contributed by atoms with Crippen LogP contribution in [0.2, 0.25) is 0 Å². The molecule has 1 rings (SSSR count). The first-order valence-corrected chi connectivity index (χ1v) is 3.84. The Morgan fingerprint density at radius 2 is 1.80 bits per heavy atom. The lowest BCUT2D eigenvalue weighted by Crippen LogP contribution is -2.50. The highest BCUT2D eigenvalue weighted by Gasteiger charge is 2.35. The number of aliphatic hydroxyl groups excluding tert-OH is 3. The molecule has 1 fully saturated rings. The van der Waals surface area contributed by atoms with Crippen LogP contribution in [0, 0.1) is 0 Å². The minimum Gasteiger partial charge on any atom is -0.388 e. The topological polar surface area (TPSA) is 69.9 Å². The van der Waals surface area contributed by atoms with Gasteiger partial charge in [-0.25, -0.2) is 0 Å². The van der Waals surface area contributed by atoms with Crippen LogP contribution in [0.4, 0.5) is 0 Å². The predicted octanol–water partition coefficient (Wildman–Crippen LogP) is -1.18. The van der Waals surface area contributed by atoms with E-state index in [1.807, 2.05) is 0 Å². The van der Waals surface area contributed by atoms with Crippen LogP contribution < -0.4 is 0 Å². The number of rotatable bonds is 0. The first-order chi connectivity index (χ1) is 4.63. The second kappa shape index (κ2) is 3.15. The fourth-order valence-corrected chi connectivity index (χ4v) is 1.24. The summed E-state index contributed by atoms with van der Waals surface area (Å²) >= 11 is 2.98. The van der Waals surface area contributed by atoms with Crippen molar-refractivity contribution in [3.8, 4) is 0 Å². The summed E-state index contributed by atoms with van der Waals surface area (Å²) in [5, 5.41) is 26.4. The van der Waals surface area contributed by atoms with Gasteiger partial charge in [-0.2, -0.15) is 0 Å². The SMILES string of the molecule is O[C@@H]1[C@H](O)COC(Br)[C@H]1O. The van der Waals surface area contributed by atoms with Crippen LogP contribution >= 0.6 is 15.9 Å². The molecule has 0 aromatic rings. The largest absolute Gasteiger partial charge is 0.388 e. The first kappa shape index (κ1) is 8.42. The van der Waals surface area contributed by atoms with E-state index in [0.717, 1.165) is 0 Å². The molecule has 3 N–H and O–H groups in total. The van der Waals surface area contributed by atoms with Crippen LogP contribution in [0.25, 0.3) is 0 Å². The fraction of sp³-hybridized carbons (Fsp3) is 1.00. The van der Waals surface area contributed by atoms with Crippen molar-refractivity contribution in [3.05, 3.63) is 0 Å². The van der Waals surface area contributed by atoms with E-state index in [2.05, 4.69) is 15.9 Å². The molecule has 4 atom stereocenters. The summed E-state index contributed by atoms with van der Waals surface area (Å²) in [7, 11) is 0. The molecule has 0 amide bonds. The second-order valence-electron chi connectivity index (χ2n) is 2.23. The van der Waals surface area contributed by atoms with E-state index < -0.39 is 23.3 Å². The van der Waals surface area contributed by atoms with Crippen molar-refractivity contribution >= 4 is 15.9 Å². The minimum atomic E-state index is -1.11. The van der Waals surface area contributed by atoms with Crippen LogP contribution in [-0.2, 0) is 4.74 Å². The third-order valence-electron chi connectivity index (χ3n) is 1.44. The third kappa shape index (κ3) is 1.49. The first-order valence-electron chi connectivity index (χ1n) is 2.93. The molecule has 0 radical (unpaired) electrons. The Bertz CT molecular complexity index is 106. The molecule has 0 aliphatic carbocycles. The molecule has 0 spiro atoms. The van der Waals surface area contributed by atoms with Crippen LogP contribution in [-0.4, -0.2) is 45.3 Å². The molecule has 1 unspecified atom stereocenters. The van der Waals surface area contributed by atoms with Crippen LogP contribution in [0.1, 0.15) is 0 Å². The summed E-state index contributed by atoms with van der Waals surface area (Å²) in [6, 6.07) is 0. The van der Waals surface area contributed by atoms with Gasteiger partial charge in [0.15, 0.2) is 0 Å². The summed E-state index contributed by atoms with van der Waals surface area (Å²) < 4.78 is 4.83. The average Bonchev–Trinajstić information content (AvgIpc) is 1.93. The van der Waals surface area contributed by atoms with Gasteiger partial charge in [-0.05, 0) is 0 Å². The quantitative estimate of drug-likeness (QED) is 0.443. The van der Waals surface area contributed by atoms with E-state index in [0.29, 0.717) is 0 Å². The highest BCUT2D eigenvalue weighted by Crippen LogP contribution is 2.19. The Morgan fingerprint density at radius 1 is 1.20 bits per heavy atom. The minimum absolute atomic E-state index is 0.0497. The van der Waals surface area contributed by atoms with Gasteiger partial charge in [-0.15, -0.1) is 0 Å². The number of halogens is 1. The normalized spacial score (nSPS) is 49.2. The molecule has 1 heterocycles. The average molecular weight is 213 g/mol. The van der Waals surface area contributed by atoms with Crippen molar-refractivity contribution in [1.29, 1.82) is 0 Å². The molecule has 5 heteroatoms. The lowest BCUT2D eigenvalue weighted by molar-refractivity contribution is -0.159. The number of ether oxygens (including phenoxy) is 1. The Morgan fingerprint density at radius 3 is 2.30 bits per heavy atom. The van der Waals surface area contributed by atoms with Crippen LogP contribution in [0.5, 0.6) is 0 Å². The zero-order valence-corrected chi connectivity index (χ0v) is 6.73. The summed E-state index contributed by atoms with van der Waals surface area (Å²) in [5.74, 6) is 0. The summed E-state index contributed by atoms with van der Waals surface area (Å²) in [5.41, 5.74) is 0. The standard InChI is InChI=1S/C5H9BrO4/c6-5-4(9)3(8)2(7)1-10-5/h2-5,7-9H,1H2/t2-,3-,4+,5?/m1/s1. The van der Waals surface area contributed by atoms with Gasteiger partial charge in [-0.3, -0.25) is 0 Å². The summed E-state index contributed by atoms with van der Waals surface area (Å²) in [6.07, 6.45) is -3.15. The van der Waals surface area contributed by atoms with Gasteiger partial charge in [0.1, 0.15) is 23.3 Å². The van der Waals surface area contributed by atoms with Crippen molar-refractivity contribution in [2.45, 2.75) is 23.3 Å². The number of hydrogen-bond donors (Lipinski definition) is 3. The lowest BCUT2D eigenvalue weighted by Gasteiger charge is -2.31. The Hall–Kier alpha value is 0.320. The maximum absolute atomic E-state index is 9.03. The van der Waals surface area contributed by atoms with E-state index in [1.54, 1.807) is 0 Å². The van der Waals surface area contributed by atoms with Crippen molar-refractivity contribution < 1.29 is 20.1 Å². The maximum atomic E-state index is 9.03. The van der Waals surface area contributed by atoms with E-state index >= 15 is 0 Å². The lowest BCUT2D eigenvalue weighted by atomic mass is 10.1. The summed E-state index contributed by atoms with van der Waals surface area (Å²) in [4.78, 5) is 0. The molecule has 60 valence electrons. The van der Waals surface area contributed by atoms with Crippen molar-refractivity contribution in [2.75, 3.05) is 6.61 Å². The zero-order valence-electron chi connectivity index (χ0n) is 5.14. The maximum Gasteiger partial charge on any atom is 0.141 e. The van der Waals surface area contributed by atoms with E-state index in [1.165, 1.54) is 0 Å². The second-order valence-corrected chi connectivity index (χ2v) is 3.14. The summed E-state index contributed by atoms with van der Waals surface area (Å²) in [6.45, 7) is 0.0497. The van der Waals surface area contributed by atoms with Crippen molar-refractivity contribution in [3.63, 3.8) is 0 Å². The molecular formula is C5H9BrO4. The third-order valence-corrected chi connectivity index (χ3v) is 2.24. The van der Waals surface area contributed by atoms with E-state index in [-0.39, 0.29) is 6.61 Å². The molecule has 0 aromatic carbocycles. The Balaban J connectivity index is 2.52. The fourth-order valence-electron chi connectivity index (χ4n) is 0.770. The smallest absolute Gasteiger partial charge is 0.141 e. The van der Waals surface area contributed by atoms with Gasteiger partial charge in [0, 0.05) is 0 Å². The van der Waals surface area contributed by atoms with Gasteiger partial charge < -0.3 is 20.1 Å². The Labute approximate surface area is 66.6 Å². The van der Waals surface area contributed by atoms with Crippen LogP contribution in [0.15, 0.2) is 0 Å². The number of hydrogen-bond acceptors (Lipinski definition) is 4. The highest BCUT2D eigenvalue weighted by molar-refractivity contribution is 9.09. The number of aliphatic hydroxyl groups is 3. The molecule has 4 nitrogen and oxygen atoms in total. The van der Waals surface area contributed by atoms with E-state index in [4.69, 9.17) is 20.1 Å². The molecule has 0 saturated carbocycles.